The van der Waals surface area contributed by atoms with Crippen molar-refractivity contribution in [1.82, 2.24) is 0 Å². The molecular weight excluding hydrogens is 319 g/mol. The Morgan fingerprint density at radius 1 is 0.600 bits per heavy atom. The van der Waals surface area contributed by atoms with Crippen molar-refractivity contribution in [2.45, 2.75) is 6.42 Å². The van der Waals surface area contributed by atoms with Crippen molar-refractivity contribution in [2.75, 3.05) is 6.16 Å². The van der Waals surface area contributed by atoms with Gasteiger partial charge in [0.15, 0.2) is 0 Å². The highest BCUT2D eigenvalue weighted by Gasteiger charge is 2.45. The van der Waals surface area contributed by atoms with Gasteiger partial charge in [0.1, 0.15) is 23.2 Å². The van der Waals surface area contributed by atoms with Crippen LogP contribution >= 0.6 is 7.26 Å². The summed E-state index contributed by atoms with van der Waals surface area (Å²) in [5, 5.41) is 4.38. The molecule has 1 aliphatic rings. The Balaban J connectivity index is 1.97. The molecule has 0 N–H and O–H groups in total. The first-order chi connectivity index (χ1) is 12.4. The predicted octanol–water partition coefficient (Wildman–Crippen LogP) is 4.87. The van der Waals surface area contributed by atoms with Gasteiger partial charge >= 0.3 is 0 Å². The quantitative estimate of drug-likeness (QED) is 0.581. The molecule has 0 unspecified atom stereocenters. The monoisotopic (exact) mass is 341 g/mol. The van der Waals surface area contributed by atoms with Crippen LogP contribution in [0.4, 0.5) is 0 Å². The van der Waals surface area contributed by atoms with Crippen LogP contribution in [0.5, 0.6) is 0 Å². The van der Waals surface area contributed by atoms with E-state index in [0.717, 1.165) is 12.6 Å². The molecule has 0 spiro atoms. The van der Waals surface area contributed by atoms with E-state index in [1.54, 1.807) is 0 Å². The van der Waals surface area contributed by atoms with E-state index in [9.17, 15) is 0 Å². The van der Waals surface area contributed by atoms with Crippen molar-refractivity contribution in [2.24, 2.45) is 0 Å². The lowest BCUT2D eigenvalue weighted by atomic mass is 10.3. The molecule has 0 amide bonds. The summed E-state index contributed by atoms with van der Waals surface area (Å²) in [6, 6.07) is 33.3. The van der Waals surface area contributed by atoms with E-state index in [2.05, 4.69) is 109 Å². The molecule has 4 rings (SSSR count). The molecule has 0 bridgehead atoms. The first-order valence-electron chi connectivity index (χ1n) is 8.79. The summed E-state index contributed by atoms with van der Waals surface area (Å²) in [4.78, 5) is 0. The maximum atomic E-state index is 2.32. The molecule has 0 nitrogen and oxygen atoms in total. The van der Waals surface area contributed by atoms with Gasteiger partial charge in [0.05, 0.1) is 6.16 Å². The first-order valence-corrected chi connectivity index (χ1v) is 10.8. The van der Waals surface area contributed by atoms with Crippen LogP contribution in [0.15, 0.2) is 115 Å². The van der Waals surface area contributed by atoms with Crippen LogP contribution in [0.1, 0.15) is 6.42 Å². The Morgan fingerprint density at radius 3 is 1.40 bits per heavy atom. The lowest BCUT2D eigenvalue weighted by molar-refractivity contribution is 1.25. The van der Waals surface area contributed by atoms with Gasteiger partial charge in [-0.15, -0.1) is 0 Å². The maximum absolute atomic E-state index is 2.32. The molecule has 0 radical (unpaired) electrons. The highest BCUT2D eigenvalue weighted by Crippen LogP contribution is 2.57. The van der Waals surface area contributed by atoms with E-state index in [0.29, 0.717) is 0 Å². The van der Waals surface area contributed by atoms with Crippen molar-refractivity contribution >= 4 is 23.2 Å². The van der Waals surface area contributed by atoms with Gasteiger partial charge in [0, 0.05) is 0 Å². The summed E-state index contributed by atoms with van der Waals surface area (Å²) in [5.74, 6) is 0. The molecule has 0 heterocycles. The second-order valence-electron chi connectivity index (χ2n) is 6.43. The predicted molar refractivity (Wildman–Crippen MR) is 112 cm³/mol. The van der Waals surface area contributed by atoms with Crippen molar-refractivity contribution in [3.05, 3.63) is 115 Å². The zero-order chi connectivity index (χ0) is 17.0. The molecule has 0 atom stereocenters. The largest absolute Gasteiger partial charge is 0.116 e. The normalized spacial score (nSPS) is 13.7. The van der Waals surface area contributed by atoms with Crippen molar-refractivity contribution < 1.29 is 0 Å². The second-order valence-corrected chi connectivity index (χ2v) is 9.92. The Morgan fingerprint density at radius 2 is 1.04 bits per heavy atom. The highest BCUT2D eigenvalue weighted by atomic mass is 31.2. The van der Waals surface area contributed by atoms with Crippen molar-refractivity contribution in [3.63, 3.8) is 0 Å². The van der Waals surface area contributed by atoms with Gasteiger partial charge in [-0.3, -0.25) is 0 Å². The number of hydrogen-bond acceptors (Lipinski definition) is 0. The zero-order valence-corrected chi connectivity index (χ0v) is 15.1. The summed E-state index contributed by atoms with van der Waals surface area (Å²) >= 11 is 0. The van der Waals surface area contributed by atoms with Crippen molar-refractivity contribution in [3.8, 4) is 0 Å². The third-order valence-corrected chi connectivity index (χ3v) is 9.30. The van der Waals surface area contributed by atoms with E-state index in [4.69, 9.17) is 0 Å². The van der Waals surface area contributed by atoms with Gasteiger partial charge in [-0.2, -0.15) is 0 Å². The molecule has 0 saturated carbocycles. The first kappa shape index (κ1) is 16.1. The Bertz CT molecular complexity index is 780. The number of allylic oxidation sites excluding steroid dienone is 4. The van der Waals surface area contributed by atoms with Crippen LogP contribution in [-0.4, -0.2) is 6.16 Å². The average molecular weight is 341 g/mol. The van der Waals surface area contributed by atoms with E-state index < -0.39 is 7.26 Å². The fourth-order valence-electron chi connectivity index (χ4n) is 3.68. The molecule has 1 aliphatic carbocycles. The van der Waals surface area contributed by atoms with Crippen LogP contribution in [0.25, 0.3) is 0 Å². The fraction of sp³-hybridized carbons (Fsp3) is 0.0833. The van der Waals surface area contributed by atoms with Crippen LogP contribution in [0.3, 0.4) is 0 Å². The van der Waals surface area contributed by atoms with Crippen LogP contribution in [-0.2, 0) is 0 Å². The molecule has 0 aromatic heterocycles. The van der Waals surface area contributed by atoms with Gasteiger partial charge in [0.25, 0.3) is 0 Å². The summed E-state index contributed by atoms with van der Waals surface area (Å²) in [6.07, 6.45) is 8.96. The second kappa shape index (κ2) is 7.21. The fourth-order valence-corrected chi connectivity index (χ4v) is 8.01. The highest BCUT2D eigenvalue weighted by molar-refractivity contribution is 7.95. The molecule has 122 valence electrons. The van der Waals surface area contributed by atoms with Crippen LogP contribution in [0, 0.1) is 0 Å². The number of benzene rings is 3. The van der Waals surface area contributed by atoms with Gasteiger partial charge in [-0.1, -0.05) is 72.8 Å². The molecule has 0 aliphatic heterocycles. The third-order valence-electron chi connectivity index (χ3n) is 4.88. The van der Waals surface area contributed by atoms with Gasteiger partial charge in [-0.25, -0.2) is 0 Å². The molecule has 0 saturated heterocycles. The summed E-state index contributed by atoms with van der Waals surface area (Å²) < 4.78 is 0. The SMILES string of the molecule is C1=CCC(C[P+](c2ccccc2)(c2ccccc2)c2ccccc2)=C1. The Hall–Kier alpha value is -2.43. The van der Waals surface area contributed by atoms with E-state index in [-0.39, 0.29) is 0 Å². The van der Waals surface area contributed by atoms with Gasteiger partial charge in [0.2, 0.25) is 0 Å². The summed E-state index contributed by atoms with van der Waals surface area (Å²) in [5.41, 5.74) is 1.53. The lowest BCUT2D eigenvalue weighted by Gasteiger charge is -2.28. The molecule has 0 fully saturated rings. The lowest BCUT2D eigenvalue weighted by Crippen LogP contribution is -2.33. The molecular formula is C24H22P+. The number of rotatable bonds is 5. The van der Waals surface area contributed by atoms with E-state index >= 15 is 0 Å². The summed E-state index contributed by atoms with van der Waals surface area (Å²) in [6.45, 7) is 0. The molecule has 3 aromatic rings. The van der Waals surface area contributed by atoms with E-state index in [1.807, 2.05) is 0 Å². The standard InChI is InChI=1S/C24H22P/c1-4-14-22(15-5-1)25(20-21-12-10-11-13-21,23-16-6-2-7-17-23)24-18-8-3-9-19-24/h1-12,14-19H,13,20H2/q+1. The van der Waals surface area contributed by atoms with Crippen LogP contribution < -0.4 is 15.9 Å². The number of hydrogen-bond donors (Lipinski definition) is 0. The molecule has 25 heavy (non-hydrogen) atoms. The average Bonchev–Trinajstić information content (AvgIpc) is 3.21. The van der Waals surface area contributed by atoms with Gasteiger partial charge < -0.3 is 0 Å². The Kier molecular flexibility index (Phi) is 4.63. The summed E-state index contributed by atoms with van der Waals surface area (Å²) in [7, 11) is -1.71. The minimum Gasteiger partial charge on any atom is -0.0803 e. The van der Waals surface area contributed by atoms with Crippen LogP contribution in [0.2, 0.25) is 0 Å². The Labute approximate surface area is 150 Å². The molecule has 3 aromatic carbocycles. The maximum Gasteiger partial charge on any atom is 0.116 e. The van der Waals surface area contributed by atoms with E-state index in [1.165, 1.54) is 21.5 Å². The third kappa shape index (κ3) is 3.11. The molecule has 1 heteroatoms. The van der Waals surface area contributed by atoms with Gasteiger partial charge in [-0.05, 0) is 48.4 Å². The minimum absolute atomic E-state index is 1.08. The van der Waals surface area contributed by atoms with Crippen molar-refractivity contribution in [1.29, 1.82) is 0 Å². The topological polar surface area (TPSA) is 0 Å². The zero-order valence-electron chi connectivity index (χ0n) is 14.3. The smallest absolute Gasteiger partial charge is 0.0803 e. The minimum atomic E-state index is -1.71.